The number of aliphatic hydroxyl groups is 2. The van der Waals surface area contributed by atoms with E-state index in [-0.39, 0.29) is 13.0 Å². The van der Waals surface area contributed by atoms with Crippen LogP contribution in [-0.2, 0) is 13.0 Å². The van der Waals surface area contributed by atoms with Crippen LogP contribution in [-0.4, -0.2) is 47.0 Å². The summed E-state index contributed by atoms with van der Waals surface area (Å²) in [6, 6.07) is 0. The Hall–Kier alpha value is -0.910. The van der Waals surface area contributed by atoms with E-state index in [0.717, 1.165) is 0 Å². The summed E-state index contributed by atoms with van der Waals surface area (Å²) in [5.41, 5.74) is -0.643. The minimum atomic E-state index is -3.72. The number of aliphatic hydroxyl groups excluding tert-OH is 2. The number of rotatable bonds is 2. The van der Waals surface area contributed by atoms with E-state index in [9.17, 15) is 14.7 Å². The summed E-state index contributed by atoms with van der Waals surface area (Å²) in [6.45, 7) is 1.26. The number of nitrogens with zero attached hydrogens (tertiary/aromatic N) is 1. The Morgan fingerprint density at radius 3 is 2.45 bits per heavy atom. The van der Waals surface area contributed by atoms with E-state index in [1.165, 1.54) is 10.8 Å². The number of aromatic nitrogens is 2. The van der Waals surface area contributed by atoms with E-state index in [0.29, 0.717) is 5.56 Å². The molecule has 0 bridgehead atoms. The van der Waals surface area contributed by atoms with E-state index < -0.39 is 37.9 Å². The molecule has 1 aliphatic heterocycles. The fourth-order valence-electron chi connectivity index (χ4n) is 1.85. The fourth-order valence-corrected chi connectivity index (χ4v) is 1.85. The van der Waals surface area contributed by atoms with Crippen molar-refractivity contribution < 1.29 is 23.4 Å². The van der Waals surface area contributed by atoms with Crippen LogP contribution >= 0.6 is 21.4 Å². The van der Waals surface area contributed by atoms with Gasteiger partial charge < -0.3 is 14.9 Å². The van der Waals surface area contributed by atoms with E-state index in [1.807, 2.05) is 0 Å². The SMILES string of the molecule is Cc1cn([C@H]2C[C@H](O)[C@@H](CO)O2)c(=O)[nH]c1=O.O=S(=O)(Cl)Cl. The summed E-state index contributed by atoms with van der Waals surface area (Å²) in [5.74, 6) is 0. The molecule has 9 nitrogen and oxygen atoms in total. The molecule has 3 atom stereocenters. The Labute approximate surface area is 134 Å². The Bertz CT molecular complexity index is 722. The lowest BCUT2D eigenvalue weighted by molar-refractivity contribution is -0.0459. The maximum absolute atomic E-state index is 11.6. The van der Waals surface area contributed by atoms with Crippen molar-refractivity contribution in [3.8, 4) is 0 Å². The summed E-state index contributed by atoms with van der Waals surface area (Å²) >= 11 is 0. The Balaban J connectivity index is 0.000000422. The number of halogens is 2. The van der Waals surface area contributed by atoms with Crippen LogP contribution in [0.2, 0.25) is 0 Å². The Kier molecular flexibility index (Phi) is 6.59. The highest BCUT2D eigenvalue weighted by Crippen LogP contribution is 2.27. The van der Waals surface area contributed by atoms with Crippen LogP contribution in [0.3, 0.4) is 0 Å². The number of nitrogens with one attached hydrogen (secondary N) is 1. The molecule has 12 heteroatoms. The number of aromatic amines is 1. The lowest BCUT2D eigenvalue weighted by Crippen LogP contribution is -2.33. The van der Waals surface area contributed by atoms with Gasteiger partial charge in [-0.2, -0.15) is 8.42 Å². The number of hydrogen-bond acceptors (Lipinski definition) is 7. The molecule has 0 unspecified atom stereocenters. The standard InChI is InChI=1S/C10H14N2O5.Cl2O2S/c1-5-3-12(10(16)11-9(5)15)8-2-6(14)7(4-13)17-8;1-5(2,3)4/h3,6-8,13-14H,2,4H2,1H3,(H,11,15,16);/t6-,7+,8+;/m0./s1. The minimum Gasteiger partial charge on any atom is -0.394 e. The molecule has 1 aliphatic rings. The van der Waals surface area contributed by atoms with Crippen molar-refractivity contribution in [3.05, 3.63) is 32.6 Å². The Morgan fingerprint density at radius 1 is 1.45 bits per heavy atom. The van der Waals surface area contributed by atoms with Crippen LogP contribution in [0.25, 0.3) is 0 Å². The van der Waals surface area contributed by atoms with Gasteiger partial charge in [-0.1, -0.05) is 0 Å². The van der Waals surface area contributed by atoms with Gasteiger partial charge in [0.15, 0.2) is 0 Å². The highest BCUT2D eigenvalue weighted by molar-refractivity contribution is 8.31. The van der Waals surface area contributed by atoms with Crippen LogP contribution in [0.4, 0.5) is 0 Å². The third-order valence-electron chi connectivity index (χ3n) is 2.84. The molecule has 2 heterocycles. The third-order valence-corrected chi connectivity index (χ3v) is 2.84. The summed E-state index contributed by atoms with van der Waals surface area (Å²) in [7, 11) is 4.81. The van der Waals surface area contributed by atoms with E-state index >= 15 is 0 Å². The summed E-state index contributed by atoms with van der Waals surface area (Å²) in [6.07, 6.45) is -0.581. The van der Waals surface area contributed by atoms with Crippen LogP contribution < -0.4 is 11.2 Å². The van der Waals surface area contributed by atoms with Gasteiger partial charge in [0.05, 0.1) is 12.7 Å². The van der Waals surface area contributed by atoms with E-state index in [2.05, 4.69) is 26.3 Å². The van der Waals surface area contributed by atoms with Crippen molar-refractivity contribution in [1.82, 2.24) is 9.55 Å². The van der Waals surface area contributed by atoms with E-state index in [4.69, 9.17) is 18.3 Å². The maximum atomic E-state index is 11.6. The van der Waals surface area contributed by atoms with Gasteiger partial charge in [-0.25, -0.2) is 4.79 Å². The smallest absolute Gasteiger partial charge is 0.330 e. The zero-order valence-corrected chi connectivity index (χ0v) is 13.6. The molecule has 22 heavy (non-hydrogen) atoms. The quantitative estimate of drug-likeness (QED) is 0.573. The highest BCUT2D eigenvalue weighted by atomic mass is 36.0. The van der Waals surface area contributed by atoms with Gasteiger partial charge in [0.1, 0.15) is 12.3 Å². The van der Waals surface area contributed by atoms with Gasteiger partial charge in [-0.15, -0.1) is 0 Å². The van der Waals surface area contributed by atoms with Crippen molar-refractivity contribution in [2.24, 2.45) is 0 Å². The van der Waals surface area contributed by atoms with Gasteiger partial charge in [0, 0.05) is 39.5 Å². The zero-order chi connectivity index (χ0) is 17.1. The zero-order valence-electron chi connectivity index (χ0n) is 11.3. The highest BCUT2D eigenvalue weighted by Gasteiger charge is 2.34. The molecule has 126 valence electrons. The minimum absolute atomic E-state index is 0.205. The average molecular weight is 377 g/mol. The molecule has 2 rings (SSSR count). The maximum Gasteiger partial charge on any atom is 0.330 e. The number of H-pyrrole nitrogens is 1. The molecule has 1 aromatic rings. The summed E-state index contributed by atoms with van der Waals surface area (Å²) < 4.78 is 24.9. The van der Waals surface area contributed by atoms with Crippen molar-refractivity contribution in [3.63, 3.8) is 0 Å². The normalized spacial score (nSPS) is 24.7. The number of hydrogen-bond donors (Lipinski definition) is 3. The molecule has 0 amide bonds. The summed E-state index contributed by atoms with van der Waals surface area (Å²) in [5, 5.41) is 18.5. The second-order valence-electron chi connectivity index (χ2n) is 4.47. The molecule has 3 N–H and O–H groups in total. The molecule has 0 radical (unpaired) electrons. The van der Waals surface area contributed by atoms with Gasteiger partial charge in [0.25, 0.3) is 5.56 Å². The molecule has 1 fully saturated rings. The fraction of sp³-hybridized carbons (Fsp3) is 0.600. The van der Waals surface area contributed by atoms with Gasteiger partial charge in [-0.05, 0) is 6.92 Å². The lowest BCUT2D eigenvalue weighted by atomic mass is 10.2. The first kappa shape index (κ1) is 19.1. The monoisotopic (exact) mass is 376 g/mol. The first-order valence-corrected chi connectivity index (χ1v) is 9.07. The van der Waals surface area contributed by atoms with Crippen molar-refractivity contribution in [1.29, 1.82) is 0 Å². The predicted molar refractivity (Wildman–Crippen MR) is 78.3 cm³/mol. The second-order valence-corrected chi connectivity index (χ2v) is 8.14. The molecular weight excluding hydrogens is 363 g/mol. The molecule has 1 saturated heterocycles. The third kappa shape index (κ3) is 5.71. The van der Waals surface area contributed by atoms with Crippen LogP contribution in [0, 0.1) is 6.92 Å². The largest absolute Gasteiger partial charge is 0.394 e. The number of ether oxygens (including phenoxy) is 1. The van der Waals surface area contributed by atoms with Crippen LogP contribution in [0.1, 0.15) is 18.2 Å². The molecule has 0 saturated carbocycles. The number of aryl methyl sites for hydroxylation is 1. The average Bonchev–Trinajstić information content (AvgIpc) is 2.73. The van der Waals surface area contributed by atoms with Gasteiger partial charge >= 0.3 is 14.0 Å². The molecular formula is C10H14Cl2N2O7S. The van der Waals surface area contributed by atoms with Crippen LogP contribution in [0.5, 0.6) is 0 Å². The topological polar surface area (TPSA) is 139 Å². The Morgan fingerprint density at radius 2 is 2.00 bits per heavy atom. The first-order chi connectivity index (χ1) is 10.0. The van der Waals surface area contributed by atoms with E-state index in [1.54, 1.807) is 6.92 Å². The van der Waals surface area contributed by atoms with Crippen molar-refractivity contribution in [2.45, 2.75) is 31.8 Å². The molecule has 0 aliphatic carbocycles. The first-order valence-electron chi connectivity index (χ1n) is 5.93. The van der Waals surface area contributed by atoms with Gasteiger partial charge in [0.2, 0.25) is 0 Å². The van der Waals surface area contributed by atoms with Crippen molar-refractivity contribution >= 4 is 29.6 Å². The molecule has 0 aromatic carbocycles. The van der Waals surface area contributed by atoms with Gasteiger partial charge in [-0.3, -0.25) is 14.3 Å². The lowest BCUT2D eigenvalue weighted by Gasteiger charge is -2.14. The van der Waals surface area contributed by atoms with Crippen LogP contribution in [0.15, 0.2) is 15.8 Å². The molecule has 0 spiro atoms. The second kappa shape index (κ2) is 7.57. The van der Waals surface area contributed by atoms with Crippen molar-refractivity contribution in [2.75, 3.05) is 6.61 Å². The predicted octanol–water partition coefficient (Wildman–Crippen LogP) is -0.805. The molecule has 1 aromatic heterocycles. The summed E-state index contributed by atoms with van der Waals surface area (Å²) in [4.78, 5) is 24.9.